The largest absolute Gasteiger partial charge is 0.378 e. The number of hydrogen-bond donors (Lipinski definition) is 3. The van der Waals surface area contributed by atoms with Crippen molar-refractivity contribution in [3.63, 3.8) is 0 Å². The van der Waals surface area contributed by atoms with Gasteiger partial charge in [0, 0.05) is 36.9 Å². The number of amides is 2. The van der Waals surface area contributed by atoms with Crippen LogP contribution in [0, 0.1) is 0 Å². The number of carbonyl (C=O) groups excluding carboxylic acids is 1. The van der Waals surface area contributed by atoms with Crippen LogP contribution < -0.4 is 15.5 Å². The Hall–Kier alpha value is -2.50. The Morgan fingerprint density at radius 3 is 3.11 bits per heavy atom. The molecule has 2 amide bonds. The summed E-state index contributed by atoms with van der Waals surface area (Å²) in [5.74, 6) is 0.879. The molecule has 6 nitrogen and oxygen atoms in total. The molecule has 2 aromatic rings. The molecule has 0 radical (unpaired) electrons. The number of hydrogen-bond acceptors (Lipinski definition) is 3. The smallest absolute Gasteiger partial charge is 0.321 e. The Kier molecular flexibility index (Phi) is 3.06. The highest BCUT2D eigenvalue weighted by atomic mass is 16.2. The number of imidazole rings is 1. The van der Waals surface area contributed by atoms with Gasteiger partial charge in [-0.05, 0) is 18.2 Å². The first-order valence-electron chi connectivity index (χ1n) is 6.20. The molecule has 0 atom stereocenters. The average Bonchev–Trinajstić information content (AvgIpc) is 3.08. The average molecular weight is 257 g/mol. The van der Waals surface area contributed by atoms with Gasteiger partial charge in [0.25, 0.3) is 0 Å². The summed E-state index contributed by atoms with van der Waals surface area (Å²) in [4.78, 5) is 20.5. The fourth-order valence-corrected chi connectivity index (χ4v) is 2.08. The van der Waals surface area contributed by atoms with Crippen molar-refractivity contribution in [2.75, 3.05) is 23.3 Å². The Morgan fingerprint density at radius 2 is 2.37 bits per heavy atom. The summed E-state index contributed by atoms with van der Waals surface area (Å²) in [6.45, 7) is 2.03. The number of H-pyrrole nitrogens is 1. The minimum Gasteiger partial charge on any atom is -0.378 e. The number of nitrogens with zero attached hydrogens (tertiary/aromatic N) is 2. The lowest BCUT2D eigenvalue weighted by Crippen LogP contribution is -2.27. The number of rotatable bonds is 4. The van der Waals surface area contributed by atoms with Crippen LogP contribution in [0.5, 0.6) is 0 Å². The first-order valence-corrected chi connectivity index (χ1v) is 6.20. The van der Waals surface area contributed by atoms with Crippen LogP contribution in [0.3, 0.4) is 0 Å². The topological polar surface area (TPSA) is 73.1 Å². The second-order valence-corrected chi connectivity index (χ2v) is 4.32. The molecule has 0 unspecified atom stereocenters. The van der Waals surface area contributed by atoms with Crippen molar-refractivity contribution in [3.05, 3.63) is 42.5 Å². The molecule has 19 heavy (non-hydrogen) atoms. The second kappa shape index (κ2) is 5.01. The summed E-state index contributed by atoms with van der Waals surface area (Å²) < 4.78 is 0. The summed E-state index contributed by atoms with van der Waals surface area (Å²) in [5, 5.41) is 6.07. The zero-order valence-corrected chi connectivity index (χ0v) is 10.4. The van der Waals surface area contributed by atoms with Gasteiger partial charge in [-0.3, -0.25) is 4.90 Å². The van der Waals surface area contributed by atoms with Gasteiger partial charge in [0.2, 0.25) is 0 Å². The van der Waals surface area contributed by atoms with Gasteiger partial charge in [0.05, 0.1) is 6.54 Å². The van der Waals surface area contributed by atoms with Gasteiger partial charge in [-0.1, -0.05) is 6.07 Å². The molecule has 3 rings (SSSR count). The molecule has 1 aliphatic heterocycles. The second-order valence-electron chi connectivity index (χ2n) is 4.32. The van der Waals surface area contributed by atoms with E-state index in [9.17, 15) is 4.79 Å². The molecule has 1 fully saturated rings. The first kappa shape index (κ1) is 11.6. The molecule has 1 aromatic carbocycles. The van der Waals surface area contributed by atoms with Crippen molar-refractivity contribution in [2.24, 2.45) is 0 Å². The van der Waals surface area contributed by atoms with Gasteiger partial charge in [-0.25, -0.2) is 9.78 Å². The number of carbonyl (C=O) groups is 1. The summed E-state index contributed by atoms with van der Waals surface area (Å²) in [6.07, 6.45) is 3.52. The van der Waals surface area contributed by atoms with E-state index in [0.29, 0.717) is 19.6 Å². The highest BCUT2D eigenvalue weighted by molar-refractivity contribution is 5.94. The molecule has 6 heteroatoms. The van der Waals surface area contributed by atoms with Gasteiger partial charge in [0.15, 0.2) is 0 Å². The maximum atomic E-state index is 11.6. The summed E-state index contributed by atoms with van der Waals surface area (Å²) >= 11 is 0. The van der Waals surface area contributed by atoms with Crippen molar-refractivity contribution in [3.8, 4) is 0 Å². The minimum atomic E-state index is -0.0387. The lowest BCUT2D eigenvalue weighted by molar-refractivity contribution is 0.252. The molecule has 3 N–H and O–H groups in total. The SMILES string of the molecule is O=C1NCCN1c1cccc(NCc2ncc[nH]2)c1. The monoisotopic (exact) mass is 257 g/mol. The molecule has 98 valence electrons. The van der Waals surface area contributed by atoms with Crippen molar-refractivity contribution in [1.29, 1.82) is 0 Å². The van der Waals surface area contributed by atoms with Gasteiger partial charge < -0.3 is 15.6 Å². The quantitative estimate of drug-likeness (QED) is 0.778. The van der Waals surface area contributed by atoms with E-state index in [1.807, 2.05) is 24.3 Å². The highest BCUT2D eigenvalue weighted by Gasteiger charge is 2.20. The van der Waals surface area contributed by atoms with E-state index < -0.39 is 0 Å². The number of aromatic amines is 1. The molecule has 1 aromatic heterocycles. The number of anilines is 2. The van der Waals surface area contributed by atoms with Crippen LogP contribution in [0.1, 0.15) is 5.82 Å². The summed E-state index contributed by atoms with van der Waals surface area (Å²) in [6, 6.07) is 7.77. The Bertz CT molecular complexity index is 566. The molecule has 0 saturated carbocycles. The van der Waals surface area contributed by atoms with Crippen LogP contribution >= 0.6 is 0 Å². The maximum Gasteiger partial charge on any atom is 0.321 e. The van der Waals surface area contributed by atoms with Gasteiger partial charge in [0.1, 0.15) is 5.82 Å². The zero-order chi connectivity index (χ0) is 13.1. The van der Waals surface area contributed by atoms with E-state index in [-0.39, 0.29) is 6.03 Å². The van der Waals surface area contributed by atoms with Crippen LogP contribution in [0.4, 0.5) is 16.2 Å². The minimum absolute atomic E-state index is 0.0387. The number of urea groups is 1. The molecular formula is C13H15N5O. The van der Waals surface area contributed by atoms with Crippen molar-refractivity contribution in [1.82, 2.24) is 15.3 Å². The fraction of sp³-hybridized carbons (Fsp3) is 0.231. The van der Waals surface area contributed by atoms with Gasteiger partial charge in [-0.2, -0.15) is 0 Å². The molecule has 0 bridgehead atoms. The molecular weight excluding hydrogens is 242 g/mol. The van der Waals surface area contributed by atoms with E-state index in [0.717, 1.165) is 17.2 Å². The maximum absolute atomic E-state index is 11.6. The van der Waals surface area contributed by atoms with Crippen LogP contribution in [-0.2, 0) is 6.54 Å². The Morgan fingerprint density at radius 1 is 1.42 bits per heavy atom. The summed E-state index contributed by atoms with van der Waals surface area (Å²) in [7, 11) is 0. The van der Waals surface area contributed by atoms with Crippen LogP contribution in [0.25, 0.3) is 0 Å². The van der Waals surface area contributed by atoms with Gasteiger partial charge in [-0.15, -0.1) is 0 Å². The highest BCUT2D eigenvalue weighted by Crippen LogP contribution is 2.21. The number of nitrogens with one attached hydrogen (secondary N) is 3. The molecule has 0 aliphatic carbocycles. The lowest BCUT2D eigenvalue weighted by Gasteiger charge is -2.15. The third-order valence-corrected chi connectivity index (χ3v) is 3.03. The number of aromatic nitrogens is 2. The number of benzene rings is 1. The predicted molar refractivity (Wildman–Crippen MR) is 73.1 cm³/mol. The third kappa shape index (κ3) is 2.52. The first-order chi connectivity index (χ1) is 9.33. The van der Waals surface area contributed by atoms with Crippen LogP contribution in [0.15, 0.2) is 36.7 Å². The third-order valence-electron chi connectivity index (χ3n) is 3.03. The summed E-state index contributed by atoms with van der Waals surface area (Å²) in [5.41, 5.74) is 1.87. The van der Waals surface area contributed by atoms with E-state index in [2.05, 4.69) is 20.6 Å². The molecule has 1 saturated heterocycles. The Labute approximate surface area is 110 Å². The van der Waals surface area contributed by atoms with Crippen molar-refractivity contribution >= 4 is 17.4 Å². The molecule has 2 heterocycles. The zero-order valence-electron chi connectivity index (χ0n) is 10.4. The Balaban J connectivity index is 1.71. The standard InChI is InChI=1S/C13H15N5O/c19-13-16-6-7-18(13)11-3-1-2-10(8-11)17-9-12-14-4-5-15-12/h1-5,8,17H,6-7,9H2,(H,14,15)(H,16,19). The van der Waals surface area contributed by atoms with Crippen LogP contribution in [0.2, 0.25) is 0 Å². The predicted octanol–water partition coefficient (Wildman–Crippen LogP) is 1.55. The fourth-order valence-electron chi connectivity index (χ4n) is 2.08. The van der Waals surface area contributed by atoms with E-state index in [1.54, 1.807) is 17.3 Å². The van der Waals surface area contributed by atoms with E-state index >= 15 is 0 Å². The van der Waals surface area contributed by atoms with Crippen molar-refractivity contribution < 1.29 is 4.79 Å². The van der Waals surface area contributed by atoms with E-state index in [1.165, 1.54) is 0 Å². The van der Waals surface area contributed by atoms with E-state index in [4.69, 9.17) is 0 Å². The normalized spacial score (nSPS) is 14.5. The van der Waals surface area contributed by atoms with Crippen molar-refractivity contribution in [2.45, 2.75) is 6.54 Å². The van der Waals surface area contributed by atoms with Crippen LogP contribution in [-0.4, -0.2) is 29.1 Å². The molecule has 1 aliphatic rings. The molecule has 0 spiro atoms. The van der Waals surface area contributed by atoms with Gasteiger partial charge >= 0.3 is 6.03 Å². The lowest BCUT2D eigenvalue weighted by atomic mass is 10.2.